The van der Waals surface area contributed by atoms with E-state index in [9.17, 15) is 14.4 Å². The van der Waals surface area contributed by atoms with Crippen molar-refractivity contribution in [3.63, 3.8) is 0 Å². The summed E-state index contributed by atoms with van der Waals surface area (Å²) in [6, 6.07) is 16.0. The second-order valence-electron chi connectivity index (χ2n) is 12.6. The second-order valence-corrected chi connectivity index (χ2v) is 13.0. The monoisotopic (exact) mass is 671 g/mol. The molecule has 1 aliphatic rings. The highest BCUT2D eigenvalue weighted by molar-refractivity contribution is 6.30. The maximum Gasteiger partial charge on any atom is 0.243 e. The number of ketones is 1. The maximum absolute atomic E-state index is 14.4. The van der Waals surface area contributed by atoms with Crippen molar-refractivity contribution in [1.29, 1.82) is 0 Å². The van der Waals surface area contributed by atoms with Crippen molar-refractivity contribution in [2.45, 2.75) is 70.1 Å². The third-order valence-corrected chi connectivity index (χ3v) is 9.50. The van der Waals surface area contributed by atoms with Crippen molar-refractivity contribution in [3.05, 3.63) is 88.7 Å². The molecule has 3 atom stereocenters. The predicted molar refractivity (Wildman–Crippen MR) is 190 cm³/mol. The SMILES string of the molecule is CN1C(=O)[C@H](CCCCN)CC(=O)[C@H](CCCN)NCc2ccnc(c2)-c2ccc(Cl)cc2CNC(=O)[C@@H]1Cc1c[nH]c2ccccc12. The van der Waals surface area contributed by atoms with Gasteiger partial charge in [-0.05, 0) is 85.8 Å². The molecule has 0 aliphatic carbocycles. The molecule has 0 saturated carbocycles. The second kappa shape index (κ2) is 16.8. The van der Waals surface area contributed by atoms with E-state index in [-0.39, 0.29) is 37.0 Å². The number of aromatic nitrogens is 2. The summed E-state index contributed by atoms with van der Waals surface area (Å²) in [5, 5.41) is 8.07. The molecule has 2 aromatic carbocycles. The fraction of sp³-hybridized carbons (Fsp3) is 0.405. The van der Waals surface area contributed by atoms with Crippen LogP contribution in [-0.2, 0) is 33.9 Å². The van der Waals surface area contributed by atoms with E-state index >= 15 is 0 Å². The van der Waals surface area contributed by atoms with E-state index in [1.807, 2.05) is 54.7 Å². The molecule has 254 valence electrons. The van der Waals surface area contributed by atoms with Crippen molar-refractivity contribution >= 4 is 40.1 Å². The smallest absolute Gasteiger partial charge is 0.243 e. The molecule has 0 radical (unpaired) electrons. The highest BCUT2D eigenvalue weighted by Crippen LogP contribution is 2.28. The Bertz CT molecular complexity index is 1720. The summed E-state index contributed by atoms with van der Waals surface area (Å²) in [6.07, 6.45) is 7.13. The van der Waals surface area contributed by atoms with Crippen LogP contribution in [0, 0.1) is 5.92 Å². The van der Waals surface area contributed by atoms with Gasteiger partial charge in [0.25, 0.3) is 0 Å². The van der Waals surface area contributed by atoms with Crippen molar-refractivity contribution < 1.29 is 14.4 Å². The zero-order chi connectivity index (χ0) is 34.0. The molecular formula is C37H46ClN7O3. The quantitative estimate of drug-likeness (QED) is 0.164. The Morgan fingerprint density at radius 1 is 0.958 bits per heavy atom. The van der Waals surface area contributed by atoms with Crippen molar-refractivity contribution in [2.75, 3.05) is 20.1 Å². The number of carbonyl (C=O) groups excluding carboxylic acids is 3. The minimum absolute atomic E-state index is 0.0424. The van der Waals surface area contributed by atoms with E-state index in [1.165, 1.54) is 4.90 Å². The molecule has 2 bridgehead atoms. The number of halogens is 1. The van der Waals surface area contributed by atoms with Gasteiger partial charge in [0.1, 0.15) is 6.04 Å². The lowest BCUT2D eigenvalue weighted by atomic mass is 9.90. The summed E-state index contributed by atoms with van der Waals surface area (Å²) in [5.74, 6) is -1.18. The maximum atomic E-state index is 14.4. The molecule has 5 rings (SSSR count). The van der Waals surface area contributed by atoms with Gasteiger partial charge in [-0.25, -0.2) is 0 Å². The largest absolute Gasteiger partial charge is 0.361 e. The fourth-order valence-electron chi connectivity index (χ4n) is 6.52. The van der Waals surface area contributed by atoms with Gasteiger partial charge in [0.15, 0.2) is 5.78 Å². The molecule has 0 fully saturated rings. The van der Waals surface area contributed by atoms with E-state index < -0.39 is 18.0 Å². The first kappa shape index (κ1) is 35.2. The van der Waals surface area contributed by atoms with Gasteiger partial charge in [0, 0.05) is 72.8 Å². The number of H-pyrrole nitrogens is 1. The Kier molecular flexibility index (Phi) is 12.4. The van der Waals surface area contributed by atoms with Crippen LogP contribution in [0.2, 0.25) is 5.02 Å². The van der Waals surface area contributed by atoms with Crippen LogP contribution in [0.5, 0.6) is 0 Å². The molecule has 1 aliphatic heterocycles. The Balaban J connectivity index is 1.56. The van der Waals surface area contributed by atoms with Gasteiger partial charge in [-0.3, -0.25) is 19.4 Å². The molecule has 11 heteroatoms. The topological polar surface area (TPSA) is 159 Å². The van der Waals surface area contributed by atoms with Crippen molar-refractivity contribution in [3.8, 4) is 11.3 Å². The molecule has 10 nitrogen and oxygen atoms in total. The minimum Gasteiger partial charge on any atom is -0.361 e. The van der Waals surface area contributed by atoms with Crippen molar-refractivity contribution in [1.82, 2.24) is 25.5 Å². The van der Waals surface area contributed by atoms with E-state index in [4.69, 9.17) is 23.1 Å². The number of para-hydroxylation sites is 1. The van der Waals surface area contributed by atoms with Crippen molar-refractivity contribution in [2.24, 2.45) is 17.4 Å². The number of carbonyl (C=O) groups is 3. The van der Waals surface area contributed by atoms with E-state index in [2.05, 4.69) is 20.6 Å². The number of unbranched alkanes of at least 4 members (excludes halogenated alkanes) is 1. The first-order valence-corrected chi connectivity index (χ1v) is 17.2. The highest BCUT2D eigenvalue weighted by Gasteiger charge is 2.34. The first-order valence-electron chi connectivity index (χ1n) is 16.8. The Morgan fingerprint density at radius 2 is 1.77 bits per heavy atom. The number of nitrogens with one attached hydrogen (secondary N) is 3. The summed E-state index contributed by atoms with van der Waals surface area (Å²) < 4.78 is 0. The van der Waals surface area contributed by atoms with Crippen LogP contribution in [0.25, 0.3) is 22.2 Å². The standard InChI is InChI=1S/C37H46ClN7O3/c1-45-34(19-27-22-43-31-9-3-2-8-29(27)31)36(47)44-23-26-18-28(38)11-12-30(26)33-17-24(13-16-41-33)21-42-32(10-6-15-40)35(46)20-25(37(45)48)7-4-5-14-39/h2-3,8-9,11-13,16-18,22,25,32,34,42-43H,4-7,10,14-15,19-21,23,39-40H2,1H3,(H,44,47)/t25-,32+,34+/m1/s1. The lowest BCUT2D eigenvalue weighted by molar-refractivity contribution is -0.143. The van der Waals surface area contributed by atoms with Gasteiger partial charge in [-0.1, -0.05) is 42.3 Å². The zero-order valence-electron chi connectivity index (χ0n) is 27.5. The van der Waals surface area contributed by atoms with Crippen LogP contribution in [0.15, 0.2) is 67.0 Å². The number of fused-ring (bicyclic) bond motifs is 5. The molecule has 48 heavy (non-hydrogen) atoms. The van der Waals surface area contributed by atoms with Gasteiger partial charge >= 0.3 is 0 Å². The Morgan fingerprint density at radius 3 is 2.58 bits per heavy atom. The fourth-order valence-corrected chi connectivity index (χ4v) is 6.71. The molecule has 0 spiro atoms. The van der Waals surface area contributed by atoms with E-state index in [0.29, 0.717) is 50.3 Å². The molecule has 4 aromatic rings. The number of benzene rings is 2. The van der Waals surface area contributed by atoms with Gasteiger partial charge in [0.2, 0.25) is 11.8 Å². The Hall–Kier alpha value is -4.09. The summed E-state index contributed by atoms with van der Waals surface area (Å²) >= 11 is 6.44. The first-order chi connectivity index (χ1) is 23.3. The number of rotatable bonds is 9. The number of Topliss-reactive ketones (excluding diaryl/α,β-unsaturated/α-hetero) is 1. The number of amides is 2. The molecule has 0 unspecified atom stereocenters. The molecule has 2 amide bonds. The lowest BCUT2D eigenvalue weighted by Gasteiger charge is -2.31. The summed E-state index contributed by atoms with van der Waals surface area (Å²) in [5.41, 5.74) is 16.8. The number of likely N-dealkylation sites (N-methyl/N-ethyl adjacent to an activating group) is 1. The number of hydrogen-bond donors (Lipinski definition) is 5. The van der Waals surface area contributed by atoms with Crippen LogP contribution in [0.4, 0.5) is 0 Å². The summed E-state index contributed by atoms with van der Waals surface area (Å²) in [4.78, 5) is 51.9. The molecule has 2 aromatic heterocycles. The van der Waals surface area contributed by atoms with Gasteiger partial charge in [-0.2, -0.15) is 0 Å². The third kappa shape index (κ3) is 8.68. The predicted octanol–water partition coefficient (Wildman–Crippen LogP) is 4.48. The van der Waals surface area contributed by atoms with Gasteiger partial charge in [-0.15, -0.1) is 0 Å². The van der Waals surface area contributed by atoms with Gasteiger partial charge < -0.3 is 32.0 Å². The number of pyridine rings is 1. The molecular weight excluding hydrogens is 626 g/mol. The number of nitrogens with two attached hydrogens (primary N) is 2. The van der Waals surface area contributed by atoms with Crippen LogP contribution >= 0.6 is 11.6 Å². The lowest BCUT2D eigenvalue weighted by Crippen LogP contribution is -2.51. The molecule has 0 saturated heterocycles. The number of nitrogens with zero attached hydrogens (tertiary/aromatic N) is 2. The van der Waals surface area contributed by atoms with Crippen LogP contribution < -0.4 is 22.1 Å². The van der Waals surface area contributed by atoms with E-state index in [1.54, 1.807) is 19.3 Å². The average molecular weight is 672 g/mol. The molecule has 3 heterocycles. The number of hydrogen-bond acceptors (Lipinski definition) is 7. The third-order valence-electron chi connectivity index (χ3n) is 9.27. The normalized spacial score (nSPS) is 19.6. The van der Waals surface area contributed by atoms with Crippen LogP contribution in [-0.4, -0.2) is 64.7 Å². The molecule has 7 N–H and O–H groups in total. The zero-order valence-corrected chi connectivity index (χ0v) is 28.3. The minimum atomic E-state index is -0.838. The Labute approximate surface area is 287 Å². The summed E-state index contributed by atoms with van der Waals surface area (Å²) in [7, 11) is 1.67. The van der Waals surface area contributed by atoms with Gasteiger partial charge in [0.05, 0.1) is 11.7 Å². The van der Waals surface area contributed by atoms with Crippen LogP contribution in [0.3, 0.4) is 0 Å². The highest BCUT2D eigenvalue weighted by atomic mass is 35.5. The van der Waals surface area contributed by atoms with E-state index in [0.717, 1.165) is 45.3 Å². The van der Waals surface area contributed by atoms with Crippen LogP contribution in [0.1, 0.15) is 55.2 Å². The summed E-state index contributed by atoms with van der Waals surface area (Å²) in [6.45, 7) is 1.58. The average Bonchev–Trinajstić information content (AvgIpc) is 3.51. The number of aromatic amines is 1.